The van der Waals surface area contributed by atoms with Crippen molar-refractivity contribution in [3.63, 3.8) is 0 Å². The van der Waals surface area contributed by atoms with Crippen LogP contribution in [0.3, 0.4) is 0 Å². The van der Waals surface area contributed by atoms with E-state index in [1.165, 1.54) is 16.7 Å². The summed E-state index contributed by atoms with van der Waals surface area (Å²) < 4.78 is 5.88. The molecule has 0 aliphatic heterocycles. The first-order chi connectivity index (χ1) is 7.77. The highest BCUT2D eigenvalue weighted by Crippen LogP contribution is 2.33. The van der Waals surface area contributed by atoms with Crippen LogP contribution >= 0.6 is 0 Å². The Morgan fingerprint density at radius 3 is 1.94 bits per heavy atom. The molecule has 0 saturated carbocycles. The van der Waals surface area contributed by atoms with Crippen LogP contribution in [0.25, 0.3) is 0 Å². The molecule has 0 aliphatic rings. The largest absolute Gasteiger partial charge is 0.490 e. The second-order valence-corrected chi connectivity index (χ2v) is 5.84. The molecule has 1 aromatic rings. The third-order valence-corrected chi connectivity index (χ3v) is 3.48. The SMILES string of the molecule is CCC(C)(C)c1cc(C)c(OC(C)C)c(C)c1. The molecule has 1 rings (SSSR count). The van der Waals surface area contributed by atoms with Crippen LogP contribution < -0.4 is 4.74 Å². The van der Waals surface area contributed by atoms with E-state index < -0.39 is 0 Å². The van der Waals surface area contributed by atoms with Gasteiger partial charge in [0.15, 0.2) is 0 Å². The molecular formula is C16H26O. The van der Waals surface area contributed by atoms with Crippen molar-refractivity contribution < 1.29 is 4.74 Å². The first-order valence-corrected chi connectivity index (χ1v) is 6.56. The van der Waals surface area contributed by atoms with Gasteiger partial charge in [0.25, 0.3) is 0 Å². The number of hydrogen-bond acceptors (Lipinski definition) is 1. The van der Waals surface area contributed by atoms with Gasteiger partial charge in [0.1, 0.15) is 5.75 Å². The Balaban J connectivity index is 3.18. The van der Waals surface area contributed by atoms with E-state index in [1.54, 1.807) is 0 Å². The highest BCUT2D eigenvalue weighted by Gasteiger charge is 2.20. The van der Waals surface area contributed by atoms with Gasteiger partial charge in [-0.1, -0.05) is 32.9 Å². The Hall–Kier alpha value is -0.980. The Morgan fingerprint density at radius 1 is 1.12 bits per heavy atom. The maximum Gasteiger partial charge on any atom is 0.125 e. The van der Waals surface area contributed by atoms with E-state index in [-0.39, 0.29) is 11.5 Å². The second kappa shape index (κ2) is 5.12. The molecule has 96 valence electrons. The first kappa shape index (κ1) is 14.1. The normalized spacial score (nSPS) is 12.0. The lowest BCUT2D eigenvalue weighted by molar-refractivity contribution is 0.239. The Kier molecular flexibility index (Phi) is 4.24. The van der Waals surface area contributed by atoms with Gasteiger partial charge < -0.3 is 4.74 Å². The summed E-state index contributed by atoms with van der Waals surface area (Å²) in [4.78, 5) is 0. The van der Waals surface area contributed by atoms with E-state index in [0.29, 0.717) is 0 Å². The van der Waals surface area contributed by atoms with Crippen LogP contribution in [0.2, 0.25) is 0 Å². The van der Waals surface area contributed by atoms with Crippen molar-refractivity contribution in [1.29, 1.82) is 0 Å². The minimum Gasteiger partial charge on any atom is -0.490 e. The monoisotopic (exact) mass is 234 g/mol. The number of benzene rings is 1. The average Bonchev–Trinajstić information content (AvgIpc) is 2.22. The quantitative estimate of drug-likeness (QED) is 0.728. The van der Waals surface area contributed by atoms with Gasteiger partial charge in [-0.15, -0.1) is 0 Å². The fourth-order valence-corrected chi connectivity index (χ4v) is 1.97. The van der Waals surface area contributed by atoms with E-state index in [9.17, 15) is 0 Å². The molecule has 1 aromatic carbocycles. The van der Waals surface area contributed by atoms with Crippen LogP contribution in [0.15, 0.2) is 12.1 Å². The summed E-state index contributed by atoms with van der Waals surface area (Å²) in [6.45, 7) is 15.3. The van der Waals surface area contributed by atoms with E-state index in [4.69, 9.17) is 4.74 Å². The van der Waals surface area contributed by atoms with Crippen molar-refractivity contribution in [3.8, 4) is 5.75 Å². The molecule has 0 unspecified atom stereocenters. The molecule has 0 saturated heterocycles. The van der Waals surface area contributed by atoms with Gasteiger partial charge in [0.05, 0.1) is 6.10 Å². The molecular weight excluding hydrogens is 208 g/mol. The third-order valence-electron chi connectivity index (χ3n) is 3.48. The third kappa shape index (κ3) is 3.24. The highest BCUT2D eigenvalue weighted by molar-refractivity contribution is 5.45. The fraction of sp³-hybridized carbons (Fsp3) is 0.625. The van der Waals surface area contributed by atoms with Crippen molar-refractivity contribution >= 4 is 0 Å². The predicted molar refractivity (Wildman–Crippen MR) is 75.0 cm³/mol. The molecule has 0 heterocycles. The molecule has 0 aromatic heterocycles. The van der Waals surface area contributed by atoms with Crippen molar-refractivity contribution in [3.05, 3.63) is 28.8 Å². The Morgan fingerprint density at radius 2 is 1.59 bits per heavy atom. The van der Waals surface area contributed by atoms with Crippen LogP contribution in [0.4, 0.5) is 0 Å². The zero-order chi connectivity index (χ0) is 13.2. The lowest BCUT2D eigenvalue weighted by Gasteiger charge is -2.26. The molecule has 1 nitrogen and oxygen atoms in total. The van der Waals surface area contributed by atoms with Gasteiger partial charge in [0, 0.05) is 0 Å². The second-order valence-electron chi connectivity index (χ2n) is 5.84. The molecule has 0 aliphatic carbocycles. The number of hydrogen-bond donors (Lipinski definition) is 0. The summed E-state index contributed by atoms with van der Waals surface area (Å²) in [7, 11) is 0. The molecule has 0 fully saturated rings. The van der Waals surface area contributed by atoms with Gasteiger partial charge in [-0.25, -0.2) is 0 Å². The van der Waals surface area contributed by atoms with Crippen LogP contribution in [-0.4, -0.2) is 6.10 Å². The Bertz CT molecular complexity index is 366. The van der Waals surface area contributed by atoms with Crippen LogP contribution in [0.1, 0.15) is 57.7 Å². The van der Waals surface area contributed by atoms with Gasteiger partial charge >= 0.3 is 0 Å². The maximum atomic E-state index is 5.88. The van der Waals surface area contributed by atoms with Crippen molar-refractivity contribution in [1.82, 2.24) is 0 Å². The molecule has 17 heavy (non-hydrogen) atoms. The first-order valence-electron chi connectivity index (χ1n) is 6.56. The van der Waals surface area contributed by atoms with Crippen molar-refractivity contribution in [2.45, 2.75) is 66.4 Å². The van der Waals surface area contributed by atoms with Crippen LogP contribution in [0.5, 0.6) is 5.75 Å². The summed E-state index contributed by atoms with van der Waals surface area (Å²) in [5, 5.41) is 0. The summed E-state index contributed by atoms with van der Waals surface area (Å²) in [6, 6.07) is 4.54. The summed E-state index contributed by atoms with van der Waals surface area (Å²) in [5.74, 6) is 1.05. The predicted octanol–water partition coefficient (Wildman–Crippen LogP) is 4.78. The van der Waals surface area contributed by atoms with Crippen molar-refractivity contribution in [2.75, 3.05) is 0 Å². The van der Waals surface area contributed by atoms with Gasteiger partial charge in [-0.05, 0) is 56.2 Å². The lowest BCUT2D eigenvalue weighted by atomic mass is 9.81. The van der Waals surface area contributed by atoms with Crippen LogP contribution in [0, 0.1) is 13.8 Å². The molecule has 0 N–H and O–H groups in total. The van der Waals surface area contributed by atoms with Gasteiger partial charge in [-0.3, -0.25) is 0 Å². The summed E-state index contributed by atoms with van der Waals surface area (Å²) in [6.07, 6.45) is 1.38. The topological polar surface area (TPSA) is 9.23 Å². The fourth-order valence-electron chi connectivity index (χ4n) is 1.97. The Labute approximate surface area is 106 Å². The molecule has 0 amide bonds. The molecule has 1 heteroatoms. The molecule has 0 spiro atoms. The molecule has 0 bridgehead atoms. The lowest BCUT2D eigenvalue weighted by Crippen LogP contribution is -2.16. The average molecular weight is 234 g/mol. The van der Waals surface area contributed by atoms with Gasteiger partial charge in [-0.2, -0.15) is 0 Å². The van der Waals surface area contributed by atoms with E-state index in [1.807, 2.05) is 0 Å². The van der Waals surface area contributed by atoms with Crippen molar-refractivity contribution in [2.24, 2.45) is 0 Å². The molecule has 0 atom stereocenters. The summed E-state index contributed by atoms with van der Waals surface area (Å²) >= 11 is 0. The zero-order valence-corrected chi connectivity index (χ0v) is 12.3. The minimum atomic E-state index is 0.234. The maximum absolute atomic E-state index is 5.88. The number of aryl methyl sites for hydroxylation is 2. The zero-order valence-electron chi connectivity index (χ0n) is 12.3. The van der Waals surface area contributed by atoms with Gasteiger partial charge in [0.2, 0.25) is 0 Å². The smallest absolute Gasteiger partial charge is 0.125 e. The van der Waals surface area contributed by atoms with E-state index >= 15 is 0 Å². The highest BCUT2D eigenvalue weighted by atomic mass is 16.5. The van der Waals surface area contributed by atoms with Crippen LogP contribution in [-0.2, 0) is 5.41 Å². The molecule has 0 radical (unpaired) electrons. The number of ether oxygens (including phenoxy) is 1. The minimum absolute atomic E-state index is 0.234. The van der Waals surface area contributed by atoms with E-state index in [0.717, 1.165) is 12.2 Å². The summed E-state index contributed by atoms with van der Waals surface area (Å²) in [5.41, 5.74) is 4.14. The van der Waals surface area contributed by atoms with E-state index in [2.05, 4.69) is 60.6 Å². The number of rotatable bonds is 4. The standard InChI is InChI=1S/C16H26O/c1-8-16(6,7)14-9-12(4)15(13(5)10-14)17-11(2)3/h9-11H,8H2,1-7H3.